The van der Waals surface area contributed by atoms with Crippen LogP contribution in [-0.4, -0.2) is 39.8 Å². The van der Waals surface area contributed by atoms with E-state index in [4.69, 9.17) is 19.4 Å². The van der Waals surface area contributed by atoms with E-state index in [2.05, 4.69) is 12.1 Å². The first-order chi connectivity index (χ1) is 20.7. The topological polar surface area (TPSA) is 122 Å². The van der Waals surface area contributed by atoms with Gasteiger partial charge in [-0.1, -0.05) is 91.0 Å². The average Bonchev–Trinajstić information content (AvgIpc) is 3.32. The van der Waals surface area contributed by atoms with Crippen molar-refractivity contribution < 1.29 is 31.7 Å². The van der Waals surface area contributed by atoms with Crippen LogP contribution in [0.3, 0.4) is 0 Å². The molecule has 0 saturated carbocycles. The van der Waals surface area contributed by atoms with Gasteiger partial charge in [0.05, 0.1) is 18.6 Å². The van der Waals surface area contributed by atoms with Crippen LogP contribution < -0.4 is 9.92 Å². The molecular formula is C34H33NO7S. The molecule has 0 fully saturated rings. The van der Waals surface area contributed by atoms with Gasteiger partial charge >= 0.3 is 22.1 Å². The maximum absolute atomic E-state index is 13.8. The Hall–Kier alpha value is -4.47. The van der Waals surface area contributed by atoms with E-state index in [1.54, 1.807) is 12.1 Å². The summed E-state index contributed by atoms with van der Waals surface area (Å²) in [6.07, 6.45) is 0.839. The number of nitrogens with two attached hydrogens (primary N) is 1. The molecule has 4 aromatic rings. The van der Waals surface area contributed by atoms with Crippen LogP contribution in [-0.2, 0) is 35.8 Å². The molecule has 0 heterocycles. The molecule has 0 spiro atoms. The molecule has 2 N–H and O–H groups in total. The lowest BCUT2D eigenvalue weighted by atomic mass is 9.83. The van der Waals surface area contributed by atoms with E-state index in [1.165, 1.54) is 12.1 Å². The van der Waals surface area contributed by atoms with Crippen LogP contribution >= 0.6 is 0 Å². The van der Waals surface area contributed by atoms with Crippen molar-refractivity contribution in [2.75, 3.05) is 19.4 Å². The molecule has 2 unspecified atom stereocenters. The average molecular weight is 600 g/mol. The summed E-state index contributed by atoms with van der Waals surface area (Å²) >= 11 is 0. The summed E-state index contributed by atoms with van der Waals surface area (Å²) in [4.78, 5) is 26.7. The number of carbonyl (C=O) groups excluding carboxylic acids is 2. The molecule has 0 aliphatic heterocycles. The van der Waals surface area contributed by atoms with Gasteiger partial charge in [0.1, 0.15) is 19.0 Å². The Bertz CT molecular complexity index is 1640. The molecule has 4 aromatic carbocycles. The molecule has 0 amide bonds. The Kier molecular flexibility index (Phi) is 9.23. The Morgan fingerprint density at radius 1 is 0.791 bits per heavy atom. The van der Waals surface area contributed by atoms with E-state index in [0.717, 1.165) is 34.1 Å². The van der Waals surface area contributed by atoms with Crippen LogP contribution in [0.5, 0.6) is 5.75 Å². The number of rotatable bonds is 12. The Balaban J connectivity index is 1.37. The van der Waals surface area contributed by atoms with Crippen LogP contribution in [0.4, 0.5) is 0 Å². The van der Waals surface area contributed by atoms with Crippen molar-refractivity contribution in [1.29, 1.82) is 0 Å². The maximum atomic E-state index is 13.8. The van der Waals surface area contributed by atoms with Gasteiger partial charge < -0.3 is 19.4 Å². The standard InChI is InChI=1S/C34H33NO7S/c1-43(38,39)42-26-17-15-24(16-18-26)33(25(20-35)19-32(36)40-21-23-9-3-2-4-10-23)34(37)41-22-31-29-13-7-5-11-27(29)28-12-6-8-14-30(28)31/h2-18,25,31,33H,19-22,35H2,1H3. The lowest BCUT2D eigenvalue weighted by Crippen LogP contribution is -2.32. The minimum Gasteiger partial charge on any atom is -0.464 e. The molecule has 8 nitrogen and oxygen atoms in total. The van der Waals surface area contributed by atoms with E-state index in [0.29, 0.717) is 5.56 Å². The molecule has 0 radical (unpaired) electrons. The Labute approximate surface area is 251 Å². The summed E-state index contributed by atoms with van der Waals surface area (Å²) in [5, 5.41) is 0. The molecule has 222 valence electrons. The summed E-state index contributed by atoms with van der Waals surface area (Å²) in [6.45, 7) is 0.218. The smallest absolute Gasteiger partial charge is 0.313 e. The van der Waals surface area contributed by atoms with Gasteiger partial charge in [0, 0.05) is 5.92 Å². The molecule has 0 saturated heterocycles. The summed E-state index contributed by atoms with van der Waals surface area (Å²) in [6, 6.07) is 31.5. The minimum absolute atomic E-state index is 0.0108. The normalized spacial score (nSPS) is 13.8. The van der Waals surface area contributed by atoms with Crippen molar-refractivity contribution in [2.24, 2.45) is 11.7 Å². The SMILES string of the molecule is CS(=O)(=O)Oc1ccc(C(C(=O)OCC2c3ccccc3-c3ccccc32)C(CN)CC(=O)OCc2ccccc2)cc1. The molecule has 9 heteroatoms. The summed E-state index contributed by atoms with van der Waals surface area (Å²) in [5.74, 6) is -2.62. The minimum atomic E-state index is -3.73. The largest absolute Gasteiger partial charge is 0.464 e. The second-order valence-corrected chi connectivity index (χ2v) is 12.1. The first-order valence-corrected chi connectivity index (χ1v) is 15.8. The zero-order valence-corrected chi connectivity index (χ0v) is 24.5. The highest BCUT2D eigenvalue weighted by molar-refractivity contribution is 7.86. The van der Waals surface area contributed by atoms with E-state index in [-0.39, 0.29) is 37.8 Å². The quantitative estimate of drug-likeness (QED) is 0.175. The fraction of sp³-hybridized carbons (Fsp3) is 0.235. The lowest BCUT2D eigenvalue weighted by molar-refractivity contribution is -0.149. The molecule has 0 bridgehead atoms. The summed E-state index contributed by atoms with van der Waals surface area (Å²) < 4.78 is 39.6. The Morgan fingerprint density at radius 2 is 1.37 bits per heavy atom. The van der Waals surface area contributed by atoms with Gasteiger partial charge in [-0.15, -0.1) is 0 Å². The molecule has 2 atom stereocenters. The second kappa shape index (κ2) is 13.2. The van der Waals surface area contributed by atoms with Gasteiger partial charge in [-0.05, 0) is 58.0 Å². The van der Waals surface area contributed by atoms with Gasteiger partial charge in [0.25, 0.3) is 0 Å². The number of ether oxygens (including phenoxy) is 2. The highest BCUT2D eigenvalue weighted by Gasteiger charge is 2.35. The van der Waals surface area contributed by atoms with Crippen LogP contribution in [0.25, 0.3) is 11.1 Å². The summed E-state index contributed by atoms with van der Waals surface area (Å²) in [5.41, 5.74) is 11.9. The van der Waals surface area contributed by atoms with Gasteiger partial charge in [-0.2, -0.15) is 8.42 Å². The van der Waals surface area contributed by atoms with Gasteiger partial charge in [-0.3, -0.25) is 9.59 Å². The van der Waals surface area contributed by atoms with Crippen molar-refractivity contribution in [3.63, 3.8) is 0 Å². The molecule has 43 heavy (non-hydrogen) atoms. The zero-order chi connectivity index (χ0) is 30.4. The fourth-order valence-electron chi connectivity index (χ4n) is 5.55. The van der Waals surface area contributed by atoms with E-state index in [1.807, 2.05) is 66.7 Å². The molecular weight excluding hydrogens is 566 g/mol. The lowest BCUT2D eigenvalue weighted by Gasteiger charge is -2.25. The highest BCUT2D eigenvalue weighted by atomic mass is 32.2. The van der Waals surface area contributed by atoms with Gasteiger partial charge in [0.15, 0.2) is 0 Å². The third-order valence-corrected chi connectivity index (χ3v) is 8.04. The van der Waals surface area contributed by atoms with E-state index >= 15 is 0 Å². The number of esters is 2. The van der Waals surface area contributed by atoms with Crippen molar-refractivity contribution in [3.8, 4) is 16.9 Å². The van der Waals surface area contributed by atoms with Crippen LogP contribution in [0.15, 0.2) is 103 Å². The maximum Gasteiger partial charge on any atom is 0.313 e. The Morgan fingerprint density at radius 3 is 1.95 bits per heavy atom. The molecule has 1 aliphatic rings. The van der Waals surface area contributed by atoms with Crippen LogP contribution in [0, 0.1) is 5.92 Å². The van der Waals surface area contributed by atoms with Crippen molar-refractivity contribution >= 4 is 22.1 Å². The monoisotopic (exact) mass is 599 g/mol. The van der Waals surface area contributed by atoms with Crippen LogP contribution in [0.1, 0.15) is 40.5 Å². The number of hydrogen-bond donors (Lipinski definition) is 1. The number of benzene rings is 4. The van der Waals surface area contributed by atoms with E-state index in [9.17, 15) is 18.0 Å². The van der Waals surface area contributed by atoms with Crippen molar-refractivity contribution in [2.45, 2.75) is 24.9 Å². The van der Waals surface area contributed by atoms with Gasteiger partial charge in [-0.25, -0.2) is 0 Å². The highest BCUT2D eigenvalue weighted by Crippen LogP contribution is 2.44. The number of hydrogen-bond acceptors (Lipinski definition) is 8. The molecule has 0 aromatic heterocycles. The molecule has 5 rings (SSSR count). The van der Waals surface area contributed by atoms with Crippen molar-refractivity contribution in [1.82, 2.24) is 0 Å². The fourth-order valence-corrected chi connectivity index (χ4v) is 6.01. The zero-order valence-electron chi connectivity index (χ0n) is 23.7. The number of carbonyl (C=O) groups is 2. The van der Waals surface area contributed by atoms with Crippen molar-refractivity contribution in [3.05, 3.63) is 125 Å². The van der Waals surface area contributed by atoms with Crippen LogP contribution in [0.2, 0.25) is 0 Å². The molecule has 1 aliphatic carbocycles. The first kappa shape index (κ1) is 30.0. The second-order valence-electron chi connectivity index (χ2n) is 10.5. The predicted molar refractivity (Wildman–Crippen MR) is 163 cm³/mol. The van der Waals surface area contributed by atoms with E-state index < -0.39 is 33.9 Å². The predicted octanol–water partition coefficient (Wildman–Crippen LogP) is 5.17. The third kappa shape index (κ3) is 7.31. The third-order valence-electron chi connectivity index (χ3n) is 7.54. The first-order valence-electron chi connectivity index (χ1n) is 14.0. The summed E-state index contributed by atoms with van der Waals surface area (Å²) in [7, 11) is -3.73. The van der Waals surface area contributed by atoms with Gasteiger partial charge in [0.2, 0.25) is 0 Å². The number of fused-ring (bicyclic) bond motifs is 3.